The van der Waals surface area contributed by atoms with Crippen molar-refractivity contribution < 1.29 is 9.59 Å². The van der Waals surface area contributed by atoms with E-state index in [4.69, 9.17) is 0 Å². The van der Waals surface area contributed by atoms with Crippen LogP contribution in [0.1, 0.15) is 20.7 Å². The van der Waals surface area contributed by atoms with Crippen LogP contribution in [-0.2, 0) is 0 Å². The molecule has 0 radical (unpaired) electrons. The Labute approximate surface area is 104 Å². The zero-order valence-electron chi connectivity index (χ0n) is 9.64. The molecule has 0 unspecified atom stereocenters. The zero-order chi connectivity index (χ0) is 12.7. The van der Waals surface area contributed by atoms with Gasteiger partial charge < -0.3 is 0 Å². The van der Waals surface area contributed by atoms with Crippen molar-refractivity contribution in [2.24, 2.45) is 0 Å². The second-order valence-electron chi connectivity index (χ2n) is 4.24. The summed E-state index contributed by atoms with van der Waals surface area (Å²) in [5.41, 5.74) is 1.31. The Morgan fingerprint density at radius 3 is 2.17 bits per heavy atom. The van der Waals surface area contributed by atoms with E-state index in [0.717, 1.165) is 10.8 Å². The molecule has 2 aromatic carbocycles. The van der Waals surface area contributed by atoms with Crippen LogP contribution < -0.4 is 0 Å². The van der Waals surface area contributed by atoms with Gasteiger partial charge in [-0.2, -0.15) is 0 Å². The molecular weight excluding hydrogens is 224 g/mol. The second-order valence-corrected chi connectivity index (χ2v) is 4.24. The van der Waals surface area contributed by atoms with Gasteiger partial charge in [0.25, 0.3) is 0 Å². The minimum Gasteiger partial charge on any atom is -0.289 e. The molecule has 1 aliphatic rings. The fourth-order valence-corrected chi connectivity index (χ4v) is 2.22. The molecule has 2 aromatic rings. The zero-order valence-corrected chi connectivity index (χ0v) is 9.64. The summed E-state index contributed by atoms with van der Waals surface area (Å²) in [7, 11) is 0. The highest BCUT2D eigenvalue weighted by Gasteiger charge is 2.24. The molecule has 0 fully saturated rings. The van der Waals surface area contributed by atoms with Gasteiger partial charge in [0.1, 0.15) is 0 Å². The first-order valence-corrected chi connectivity index (χ1v) is 5.66. The molecule has 2 nitrogen and oxygen atoms in total. The average molecular weight is 234 g/mol. The summed E-state index contributed by atoms with van der Waals surface area (Å²) in [5.74, 6) is -0.268. The van der Waals surface area contributed by atoms with Crippen LogP contribution in [0.15, 0.2) is 60.7 Å². The third-order valence-electron chi connectivity index (χ3n) is 3.16. The highest BCUT2D eigenvalue weighted by Crippen LogP contribution is 2.26. The van der Waals surface area contributed by atoms with Gasteiger partial charge in [-0.1, -0.05) is 36.9 Å². The number of allylic oxidation sites excluding steroid dienone is 3. The van der Waals surface area contributed by atoms with E-state index >= 15 is 0 Å². The Bertz CT molecular complexity index is 736. The molecule has 1 aliphatic carbocycles. The van der Waals surface area contributed by atoms with Crippen LogP contribution >= 0.6 is 0 Å². The van der Waals surface area contributed by atoms with Crippen molar-refractivity contribution in [2.75, 3.05) is 0 Å². The second kappa shape index (κ2) is 3.77. The monoisotopic (exact) mass is 234 g/mol. The van der Waals surface area contributed by atoms with Crippen molar-refractivity contribution in [1.29, 1.82) is 0 Å². The smallest absolute Gasteiger partial charge is 0.193 e. The SMILES string of the molecule is C=CC1=CC(=O)c2cc3ccccc3cc2C1=O. The van der Waals surface area contributed by atoms with E-state index in [-0.39, 0.29) is 11.6 Å². The normalized spacial score (nSPS) is 14.3. The summed E-state index contributed by atoms with van der Waals surface area (Å²) in [6.45, 7) is 3.56. The number of hydrogen-bond acceptors (Lipinski definition) is 2. The summed E-state index contributed by atoms with van der Waals surface area (Å²) in [6.07, 6.45) is 2.78. The minimum atomic E-state index is -0.134. The molecule has 3 rings (SSSR count). The molecule has 0 saturated heterocycles. The minimum absolute atomic E-state index is 0.134. The molecule has 0 spiro atoms. The van der Waals surface area contributed by atoms with Crippen LogP contribution in [0.3, 0.4) is 0 Å². The van der Waals surface area contributed by atoms with E-state index in [9.17, 15) is 9.59 Å². The Morgan fingerprint density at radius 2 is 1.56 bits per heavy atom. The predicted molar refractivity (Wildman–Crippen MR) is 70.9 cm³/mol. The van der Waals surface area contributed by atoms with E-state index in [1.807, 2.05) is 24.3 Å². The standard InChI is InChI=1S/C16H10O2/c1-2-10-9-15(17)13-7-11-5-3-4-6-12(11)8-14(13)16(10)18/h2-9H,1H2. The molecule has 18 heavy (non-hydrogen) atoms. The van der Waals surface area contributed by atoms with Gasteiger partial charge >= 0.3 is 0 Å². The highest BCUT2D eigenvalue weighted by atomic mass is 16.1. The lowest BCUT2D eigenvalue weighted by Gasteiger charge is -2.13. The summed E-state index contributed by atoms with van der Waals surface area (Å²) < 4.78 is 0. The molecule has 0 saturated carbocycles. The largest absolute Gasteiger partial charge is 0.289 e. The fraction of sp³-hybridized carbons (Fsp3) is 0. The van der Waals surface area contributed by atoms with Gasteiger partial charge in [-0.15, -0.1) is 0 Å². The van der Waals surface area contributed by atoms with Crippen molar-refractivity contribution in [3.05, 3.63) is 71.8 Å². The number of rotatable bonds is 1. The number of carbonyl (C=O) groups is 2. The number of ketones is 2. The quantitative estimate of drug-likeness (QED) is 0.758. The number of carbonyl (C=O) groups excluding carboxylic acids is 2. The van der Waals surface area contributed by atoms with Gasteiger partial charge in [-0.05, 0) is 29.0 Å². The maximum atomic E-state index is 12.1. The molecular formula is C16H10O2. The van der Waals surface area contributed by atoms with Crippen LogP contribution in [-0.4, -0.2) is 11.6 Å². The van der Waals surface area contributed by atoms with Crippen LogP contribution in [0.2, 0.25) is 0 Å². The van der Waals surface area contributed by atoms with Gasteiger partial charge in [0.05, 0.1) is 0 Å². The maximum Gasteiger partial charge on any atom is 0.193 e. The fourth-order valence-electron chi connectivity index (χ4n) is 2.22. The number of benzene rings is 2. The summed E-state index contributed by atoms with van der Waals surface area (Å²) in [4.78, 5) is 24.1. The van der Waals surface area contributed by atoms with Gasteiger partial charge in [-0.3, -0.25) is 9.59 Å². The summed E-state index contributed by atoms with van der Waals surface area (Å²) >= 11 is 0. The summed E-state index contributed by atoms with van der Waals surface area (Å²) in [6, 6.07) is 11.2. The van der Waals surface area contributed by atoms with Gasteiger partial charge in [-0.25, -0.2) is 0 Å². The Kier molecular flexibility index (Phi) is 2.23. The number of Topliss-reactive ketones (excluding diaryl/α,β-unsaturated/α-hetero) is 1. The third kappa shape index (κ3) is 1.43. The average Bonchev–Trinajstić information content (AvgIpc) is 2.41. The van der Waals surface area contributed by atoms with Crippen molar-refractivity contribution in [3.63, 3.8) is 0 Å². The number of hydrogen-bond donors (Lipinski definition) is 0. The van der Waals surface area contributed by atoms with Gasteiger partial charge in [0, 0.05) is 16.7 Å². The lowest BCUT2D eigenvalue weighted by atomic mass is 9.87. The van der Waals surface area contributed by atoms with E-state index < -0.39 is 0 Å². The molecule has 0 heterocycles. The lowest BCUT2D eigenvalue weighted by molar-refractivity contribution is 0.0987. The lowest BCUT2D eigenvalue weighted by Crippen LogP contribution is -2.15. The topological polar surface area (TPSA) is 34.1 Å². The van der Waals surface area contributed by atoms with E-state index in [2.05, 4.69) is 6.58 Å². The van der Waals surface area contributed by atoms with Crippen LogP contribution in [0.4, 0.5) is 0 Å². The molecule has 0 amide bonds. The van der Waals surface area contributed by atoms with Crippen molar-refractivity contribution in [1.82, 2.24) is 0 Å². The van der Waals surface area contributed by atoms with Crippen LogP contribution in [0.25, 0.3) is 10.8 Å². The first kappa shape index (κ1) is 10.7. The van der Waals surface area contributed by atoms with E-state index in [1.165, 1.54) is 12.2 Å². The maximum absolute atomic E-state index is 12.1. The van der Waals surface area contributed by atoms with Crippen LogP contribution in [0.5, 0.6) is 0 Å². The number of fused-ring (bicyclic) bond motifs is 2. The van der Waals surface area contributed by atoms with Crippen molar-refractivity contribution in [2.45, 2.75) is 0 Å². The molecule has 0 N–H and O–H groups in total. The van der Waals surface area contributed by atoms with Crippen molar-refractivity contribution >= 4 is 22.3 Å². The Balaban J connectivity index is 2.34. The Morgan fingerprint density at radius 1 is 0.944 bits per heavy atom. The predicted octanol–water partition coefficient (Wildman–Crippen LogP) is 3.33. The molecule has 0 bridgehead atoms. The molecule has 0 aromatic heterocycles. The molecule has 0 aliphatic heterocycles. The van der Waals surface area contributed by atoms with Gasteiger partial charge in [0.15, 0.2) is 11.6 Å². The molecule has 0 atom stereocenters. The first-order chi connectivity index (χ1) is 8.70. The van der Waals surface area contributed by atoms with E-state index in [1.54, 1.807) is 12.1 Å². The van der Waals surface area contributed by atoms with Crippen molar-refractivity contribution in [3.8, 4) is 0 Å². The Hall–Kier alpha value is -2.48. The van der Waals surface area contributed by atoms with Gasteiger partial charge in [0.2, 0.25) is 0 Å². The molecule has 86 valence electrons. The highest BCUT2D eigenvalue weighted by molar-refractivity contribution is 6.26. The first-order valence-electron chi connectivity index (χ1n) is 5.66. The molecule has 2 heteroatoms. The third-order valence-corrected chi connectivity index (χ3v) is 3.16. The van der Waals surface area contributed by atoms with E-state index in [0.29, 0.717) is 16.7 Å². The summed E-state index contributed by atoms with van der Waals surface area (Å²) in [5, 5.41) is 1.93. The van der Waals surface area contributed by atoms with Crippen LogP contribution in [0, 0.1) is 0 Å².